The molecule has 1 rings (SSSR count). The first-order valence-electron chi connectivity index (χ1n) is 5.57. The first-order chi connectivity index (χ1) is 7.17. The van der Waals surface area contributed by atoms with Gasteiger partial charge in [-0.1, -0.05) is 13.3 Å². The van der Waals surface area contributed by atoms with Gasteiger partial charge in [-0.05, 0) is 26.3 Å². The Bertz CT molecular complexity index is 294. The van der Waals surface area contributed by atoms with Gasteiger partial charge in [0.2, 0.25) is 0 Å². The van der Waals surface area contributed by atoms with Gasteiger partial charge in [0.05, 0.1) is 19.3 Å². The third-order valence-electron chi connectivity index (χ3n) is 2.49. The molecule has 0 saturated heterocycles. The van der Waals surface area contributed by atoms with Crippen LogP contribution in [0.3, 0.4) is 0 Å². The monoisotopic (exact) mass is 211 g/mol. The van der Waals surface area contributed by atoms with E-state index >= 15 is 0 Å². The van der Waals surface area contributed by atoms with Crippen LogP contribution in [-0.4, -0.2) is 6.10 Å². The minimum atomic E-state index is 0.311. The van der Waals surface area contributed by atoms with Crippen molar-refractivity contribution in [3.63, 3.8) is 0 Å². The zero-order chi connectivity index (χ0) is 11.3. The fourth-order valence-corrected chi connectivity index (χ4v) is 1.55. The van der Waals surface area contributed by atoms with Crippen molar-refractivity contribution in [2.24, 2.45) is 5.73 Å². The molecule has 1 aromatic rings. The van der Waals surface area contributed by atoms with Crippen LogP contribution in [0.2, 0.25) is 0 Å². The van der Waals surface area contributed by atoms with Crippen molar-refractivity contribution in [2.75, 3.05) is 0 Å². The first-order valence-corrected chi connectivity index (χ1v) is 5.57. The molecule has 0 radical (unpaired) electrons. The summed E-state index contributed by atoms with van der Waals surface area (Å²) in [4.78, 5) is 0. The van der Waals surface area contributed by atoms with E-state index in [0.29, 0.717) is 19.3 Å². The third kappa shape index (κ3) is 3.68. The summed E-state index contributed by atoms with van der Waals surface area (Å²) in [6.45, 7) is 7.28. The predicted molar refractivity (Wildman–Crippen MR) is 60.5 cm³/mol. The second-order valence-electron chi connectivity index (χ2n) is 3.91. The van der Waals surface area contributed by atoms with Gasteiger partial charge >= 0.3 is 0 Å². The number of hydrogen-bond donors (Lipinski definition) is 1. The fraction of sp³-hybridized carbons (Fsp3) is 0.667. The smallest absolute Gasteiger partial charge is 0.118 e. The fourth-order valence-electron chi connectivity index (χ4n) is 1.55. The molecule has 1 heterocycles. The van der Waals surface area contributed by atoms with Crippen LogP contribution in [0.15, 0.2) is 10.5 Å². The first kappa shape index (κ1) is 12.3. The number of ether oxygens (including phenoxy) is 1. The van der Waals surface area contributed by atoms with Crippen molar-refractivity contribution in [1.82, 2.24) is 0 Å². The van der Waals surface area contributed by atoms with E-state index in [4.69, 9.17) is 14.9 Å². The maximum absolute atomic E-state index is 5.71. The van der Waals surface area contributed by atoms with Gasteiger partial charge in [-0.2, -0.15) is 0 Å². The van der Waals surface area contributed by atoms with Crippen molar-refractivity contribution in [3.8, 4) is 0 Å². The number of hydrogen-bond acceptors (Lipinski definition) is 3. The van der Waals surface area contributed by atoms with Crippen LogP contribution in [-0.2, 0) is 17.9 Å². The Morgan fingerprint density at radius 3 is 2.80 bits per heavy atom. The summed E-state index contributed by atoms with van der Waals surface area (Å²) in [7, 11) is 0. The Hall–Kier alpha value is -0.800. The SMILES string of the molecule is CCCC(C)OCc1cc(CN)oc1C. The molecule has 3 nitrogen and oxygen atoms in total. The maximum atomic E-state index is 5.71. The highest BCUT2D eigenvalue weighted by atomic mass is 16.5. The zero-order valence-corrected chi connectivity index (χ0v) is 9.88. The maximum Gasteiger partial charge on any atom is 0.118 e. The lowest BCUT2D eigenvalue weighted by molar-refractivity contribution is 0.0465. The number of furan rings is 1. The van der Waals surface area contributed by atoms with Crippen molar-refractivity contribution in [3.05, 3.63) is 23.2 Å². The lowest BCUT2D eigenvalue weighted by Crippen LogP contribution is -2.07. The van der Waals surface area contributed by atoms with Crippen molar-refractivity contribution in [2.45, 2.75) is 52.9 Å². The van der Waals surface area contributed by atoms with Crippen molar-refractivity contribution >= 4 is 0 Å². The number of nitrogens with two attached hydrogens (primary N) is 1. The van der Waals surface area contributed by atoms with Gasteiger partial charge in [-0.3, -0.25) is 0 Å². The number of rotatable bonds is 6. The molecule has 86 valence electrons. The van der Waals surface area contributed by atoms with E-state index < -0.39 is 0 Å². The summed E-state index contributed by atoms with van der Waals surface area (Å²) in [5.74, 6) is 1.74. The van der Waals surface area contributed by atoms with Gasteiger partial charge in [-0.15, -0.1) is 0 Å². The Morgan fingerprint density at radius 1 is 1.53 bits per heavy atom. The highest BCUT2D eigenvalue weighted by molar-refractivity contribution is 5.19. The predicted octanol–water partition coefficient (Wildman–Crippen LogP) is 2.75. The molecule has 1 unspecified atom stereocenters. The molecule has 0 spiro atoms. The normalized spacial score (nSPS) is 13.1. The molecule has 0 amide bonds. The van der Waals surface area contributed by atoms with Gasteiger partial charge in [0, 0.05) is 5.56 Å². The quantitative estimate of drug-likeness (QED) is 0.787. The van der Waals surface area contributed by atoms with Gasteiger partial charge in [0.15, 0.2) is 0 Å². The van der Waals surface area contributed by atoms with E-state index in [9.17, 15) is 0 Å². The van der Waals surface area contributed by atoms with Crippen LogP contribution in [0.4, 0.5) is 0 Å². The molecule has 15 heavy (non-hydrogen) atoms. The topological polar surface area (TPSA) is 48.4 Å². The molecule has 0 saturated carbocycles. The number of aryl methyl sites for hydroxylation is 1. The highest BCUT2D eigenvalue weighted by Crippen LogP contribution is 2.16. The second kappa shape index (κ2) is 5.93. The molecular formula is C12H21NO2. The highest BCUT2D eigenvalue weighted by Gasteiger charge is 2.08. The van der Waals surface area contributed by atoms with E-state index in [1.807, 2.05) is 13.0 Å². The lowest BCUT2D eigenvalue weighted by Gasteiger charge is -2.10. The molecule has 0 aliphatic heterocycles. The van der Waals surface area contributed by atoms with Gasteiger partial charge in [0.25, 0.3) is 0 Å². The van der Waals surface area contributed by atoms with E-state index in [-0.39, 0.29) is 0 Å². The zero-order valence-electron chi connectivity index (χ0n) is 9.88. The Balaban J connectivity index is 2.46. The van der Waals surface area contributed by atoms with Crippen LogP contribution in [0.1, 0.15) is 43.8 Å². The lowest BCUT2D eigenvalue weighted by atomic mass is 10.2. The van der Waals surface area contributed by atoms with Crippen molar-refractivity contribution < 1.29 is 9.15 Å². The standard InChI is InChI=1S/C12H21NO2/c1-4-5-9(2)14-8-11-6-12(7-13)15-10(11)3/h6,9H,4-5,7-8,13H2,1-3H3. The Kier molecular flexibility index (Phi) is 4.85. The summed E-state index contributed by atoms with van der Waals surface area (Å²) >= 11 is 0. The average Bonchev–Trinajstić information content (AvgIpc) is 2.57. The third-order valence-corrected chi connectivity index (χ3v) is 2.49. The average molecular weight is 211 g/mol. The van der Waals surface area contributed by atoms with Crippen LogP contribution in [0.5, 0.6) is 0 Å². The summed E-state index contributed by atoms with van der Waals surface area (Å²) in [5, 5.41) is 0. The summed E-state index contributed by atoms with van der Waals surface area (Å²) in [5.41, 5.74) is 6.61. The molecular weight excluding hydrogens is 190 g/mol. The molecule has 0 aliphatic rings. The molecule has 2 N–H and O–H groups in total. The van der Waals surface area contributed by atoms with Crippen molar-refractivity contribution in [1.29, 1.82) is 0 Å². The molecule has 0 aliphatic carbocycles. The minimum absolute atomic E-state index is 0.311. The van der Waals surface area contributed by atoms with E-state index in [1.165, 1.54) is 0 Å². The van der Waals surface area contributed by atoms with E-state index in [2.05, 4.69) is 13.8 Å². The van der Waals surface area contributed by atoms with E-state index in [0.717, 1.165) is 29.9 Å². The van der Waals surface area contributed by atoms with Crippen LogP contribution in [0, 0.1) is 6.92 Å². The van der Waals surface area contributed by atoms with Crippen LogP contribution < -0.4 is 5.73 Å². The molecule has 0 aromatic carbocycles. The van der Waals surface area contributed by atoms with Gasteiger partial charge < -0.3 is 14.9 Å². The summed E-state index contributed by atoms with van der Waals surface area (Å²) in [6.07, 6.45) is 2.56. The minimum Gasteiger partial charge on any atom is -0.465 e. The summed E-state index contributed by atoms with van der Waals surface area (Å²) in [6, 6.07) is 1.98. The molecule has 1 atom stereocenters. The second-order valence-corrected chi connectivity index (χ2v) is 3.91. The largest absolute Gasteiger partial charge is 0.465 e. The molecule has 0 bridgehead atoms. The molecule has 3 heteroatoms. The van der Waals surface area contributed by atoms with Crippen LogP contribution in [0.25, 0.3) is 0 Å². The summed E-state index contributed by atoms with van der Waals surface area (Å²) < 4.78 is 11.2. The molecule has 0 fully saturated rings. The Labute approximate surface area is 91.6 Å². The van der Waals surface area contributed by atoms with E-state index in [1.54, 1.807) is 0 Å². The van der Waals surface area contributed by atoms with Gasteiger partial charge in [0.1, 0.15) is 11.5 Å². The Morgan fingerprint density at radius 2 is 2.27 bits per heavy atom. The van der Waals surface area contributed by atoms with Crippen LogP contribution >= 0.6 is 0 Å². The van der Waals surface area contributed by atoms with Gasteiger partial charge in [-0.25, -0.2) is 0 Å². The molecule has 1 aromatic heterocycles.